The first-order valence-electron chi connectivity index (χ1n) is 7.81. The van der Waals surface area contributed by atoms with E-state index in [1.54, 1.807) is 12.1 Å². The minimum atomic E-state index is -0.176. The van der Waals surface area contributed by atoms with Gasteiger partial charge in [0.2, 0.25) is 5.91 Å². The van der Waals surface area contributed by atoms with Crippen LogP contribution in [-0.2, 0) is 11.2 Å². The van der Waals surface area contributed by atoms with Gasteiger partial charge in [-0.2, -0.15) is 0 Å². The molecule has 0 spiro atoms. The molecule has 0 bridgehead atoms. The zero-order chi connectivity index (χ0) is 15.2. The first-order chi connectivity index (χ1) is 10.1. The van der Waals surface area contributed by atoms with E-state index in [0.717, 1.165) is 25.9 Å². The molecule has 2 atom stereocenters. The molecule has 0 aromatic heterocycles. The monoisotopic (exact) mass is 292 g/mol. The summed E-state index contributed by atoms with van der Waals surface area (Å²) in [5.74, 6) is -0.0307. The molecule has 1 saturated heterocycles. The van der Waals surface area contributed by atoms with Gasteiger partial charge in [-0.25, -0.2) is 4.39 Å². The zero-order valence-corrected chi connectivity index (χ0v) is 12.9. The summed E-state index contributed by atoms with van der Waals surface area (Å²) in [6.07, 6.45) is 3.49. The molecule has 1 fully saturated rings. The van der Waals surface area contributed by atoms with Gasteiger partial charge in [0.05, 0.1) is 0 Å². The third-order valence-corrected chi connectivity index (χ3v) is 4.37. The Morgan fingerprint density at radius 1 is 1.48 bits per heavy atom. The first kappa shape index (κ1) is 16.0. The largest absolute Gasteiger partial charge is 0.341 e. The number of hydrogen-bond donors (Lipinski definition) is 1. The van der Waals surface area contributed by atoms with E-state index in [4.69, 9.17) is 0 Å². The van der Waals surface area contributed by atoms with E-state index in [9.17, 15) is 9.18 Å². The summed E-state index contributed by atoms with van der Waals surface area (Å²) in [5.41, 5.74) is 0.698. The highest BCUT2D eigenvalue weighted by Gasteiger charge is 2.25. The van der Waals surface area contributed by atoms with E-state index < -0.39 is 0 Å². The molecule has 1 aliphatic rings. The molecule has 1 N–H and O–H groups in total. The van der Waals surface area contributed by atoms with Crippen LogP contribution in [-0.4, -0.2) is 37.0 Å². The lowest BCUT2D eigenvalue weighted by Gasteiger charge is -2.34. The van der Waals surface area contributed by atoms with E-state index >= 15 is 0 Å². The Kier molecular flexibility index (Phi) is 5.74. The van der Waals surface area contributed by atoms with Crippen LogP contribution in [0.15, 0.2) is 24.3 Å². The maximum atomic E-state index is 13.6. The van der Waals surface area contributed by atoms with Crippen molar-refractivity contribution in [3.63, 3.8) is 0 Å². The average molecular weight is 292 g/mol. The summed E-state index contributed by atoms with van der Waals surface area (Å²) >= 11 is 0. The number of likely N-dealkylation sites (N-methyl/N-ethyl adjacent to an activating group) is 1. The third-order valence-electron chi connectivity index (χ3n) is 4.37. The smallest absolute Gasteiger partial charge is 0.225 e. The van der Waals surface area contributed by atoms with Crippen LogP contribution in [0.2, 0.25) is 0 Å². The number of likely N-dealkylation sites (tertiary alicyclic amines) is 1. The van der Waals surface area contributed by atoms with Crippen molar-refractivity contribution in [2.75, 3.05) is 20.1 Å². The second-order valence-corrected chi connectivity index (χ2v) is 5.94. The summed E-state index contributed by atoms with van der Waals surface area (Å²) < 4.78 is 13.6. The summed E-state index contributed by atoms with van der Waals surface area (Å²) in [7, 11) is 1.94. The molecule has 0 radical (unpaired) electrons. The van der Waals surface area contributed by atoms with Gasteiger partial charge in [-0.3, -0.25) is 4.79 Å². The average Bonchev–Trinajstić information content (AvgIpc) is 2.53. The molecule has 4 heteroatoms. The Morgan fingerprint density at radius 3 is 2.95 bits per heavy atom. The molecule has 2 rings (SSSR count). The number of carbonyl (C=O) groups excluding carboxylic acids is 1. The molecule has 1 amide bonds. The lowest BCUT2D eigenvalue weighted by molar-refractivity contribution is -0.136. The van der Waals surface area contributed by atoms with Crippen molar-refractivity contribution in [2.24, 2.45) is 5.92 Å². The number of aryl methyl sites for hydroxylation is 1. The summed E-state index contributed by atoms with van der Waals surface area (Å²) in [4.78, 5) is 14.4. The van der Waals surface area contributed by atoms with Crippen LogP contribution in [0.25, 0.3) is 0 Å². The third kappa shape index (κ3) is 4.27. The van der Waals surface area contributed by atoms with Gasteiger partial charge < -0.3 is 10.2 Å². The van der Waals surface area contributed by atoms with Crippen LogP contribution in [0.4, 0.5) is 4.39 Å². The Bertz CT molecular complexity index is 478. The fourth-order valence-corrected chi connectivity index (χ4v) is 2.92. The van der Waals surface area contributed by atoms with Gasteiger partial charge in [-0.05, 0) is 44.4 Å². The molecular weight excluding hydrogens is 267 g/mol. The quantitative estimate of drug-likeness (QED) is 0.905. The number of nitrogens with zero attached hydrogens (tertiary/aromatic N) is 1. The normalized spacial score (nSPS) is 20.3. The van der Waals surface area contributed by atoms with Gasteiger partial charge in [0, 0.05) is 25.0 Å². The van der Waals surface area contributed by atoms with Crippen molar-refractivity contribution in [3.8, 4) is 0 Å². The van der Waals surface area contributed by atoms with Gasteiger partial charge in [-0.15, -0.1) is 0 Å². The number of halogens is 1. The summed E-state index contributed by atoms with van der Waals surface area (Å²) in [6.45, 7) is 3.59. The molecule has 1 heterocycles. The van der Waals surface area contributed by atoms with E-state index in [0.29, 0.717) is 24.4 Å². The van der Waals surface area contributed by atoms with E-state index in [1.807, 2.05) is 24.9 Å². The molecule has 0 saturated carbocycles. The van der Waals surface area contributed by atoms with Crippen molar-refractivity contribution in [1.82, 2.24) is 10.2 Å². The Morgan fingerprint density at radius 2 is 2.24 bits per heavy atom. The van der Waals surface area contributed by atoms with Crippen LogP contribution in [0.5, 0.6) is 0 Å². The number of piperidine rings is 1. The minimum Gasteiger partial charge on any atom is -0.341 e. The fraction of sp³-hybridized carbons (Fsp3) is 0.588. The second kappa shape index (κ2) is 7.55. The van der Waals surface area contributed by atoms with E-state index in [1.165, 1.54) is 6.07 Å². The van der Waals surface area contributed by atoms with Crippen molar-refractivity contribution in [2.45, 2.75) is 38.6 Å². The number of benzene rings is 1. The highest BCUT2D eigenvalue weighted by Crippen LogP contribution is 2.18. The Balaban J connectivity index is 1.86. The predicted octanol–water partition coefficient (Wildman–Crippen LogP) is 2.60. The van der Waals surface area contributed by atoms with Gasteiger partial charge in [0.1, 0.15) is 5.82 Å². The van der Waals surface area contributed by atoms with Crippen molar-refractivity contribution >= 4 is 5.91 Å². The number of carbonyl (C=O) groups is 1. The maximum Gasteiger partial charge on any atom is 0.225 e. The number of rotatable bonds is 5. The van der Waals surface area contributed by atoms with Gasteiger partial charge >= 0.3 is 0 Å². The van der Waals surface area contributed by atoms with Crippen LogP contribution in [0.1, 0.15) is 31.7 Å². The summed E-state index contributed by atoms with van der Waals surface area (Å²) in [5, 5.41) is 3.25. The first-order valence-corrected chi connectivity index (χ1v) is 7.81. The predicted molar refractivity (Wildman–Crippen MR) is 82.5 cm³/mol. The molecule has 0 unspecified atom stereocenters. The molecule has 3 nitrogen and oxygen atoms in total. The van der Waals surface area contributed by atoms with Crippen LogP contribution >= 0.6 is 0 Å². The maximum absolute atomic E-state index is 13.6. The van der Waals surface area contributed by atoms with Crippen molar-refractivity contribution in [3.05, 3.63) is 35.6 Å². The van der Waals surface area contributed by atoms with Gasteiger partial charge in [0.15, 0.2) is 0 Å². The van der Waals surface area contributed by atoms with Crippen LogP contribution in [0, 0.1) is 11.7 Å². The molecule has 1 aliphatic heterocycles. The van der Waals surface area contributed by atoms with Crippen molar-refractivity contribution in [1.29, 1.82) is 0 Å². The van der Waals surface area contributed by atoms with E-state index in [2.05, 4.69) is 5.32 Å². The van der Waals surface area contributed by atoms with Gasteiger partial charge in [-0.1, -0.05) is 25.1 Å². The van der Waals surface area contributed by atoms with Crippen LogP contribution in [0.3, 0.4) is 0 Å². The number of nitrogens with one attached hydrogen (secondary N) is 1. The SMILES string of the molecule is CN[C@@H]1CCCN(C(=O)[C@@H](C)CCc2ccccc2F)C1. The Hall–Kier alpha value is -1.42. The minimum absolute atomic E-state index is 0.0554. The highest BCUT2D eigenvalue weighted by molar-refractivity contribution is 5.78. The zero-order valence-electron chi connectivity index (χ0n) is 12.9. The molecule has 21 heavy (non-hydrogen) atoms. The fourth-order valence-electron chi connectivity index (χ4n) is 2.92. The van der Waals surface area contributed by atoms with Gasteiger partial charge in [0.25, 0.3) is 0 Å². The van der Waals surface area contributed by atoms with Crippen molar-refractivity contribution < 1.29 is 9.18 Å². The second-order valence-electron chi connectivity index (χ2n) is 5.94. The van der Waals surface area contributed by atoms with E-state index in [-0.39, 0.29) is 17.6 Å². The standard InChI is InChI=1S/C17H25FN2O/c1-13(9-10-14-6-3-4-8-16(14)18)17(21)20-11-5-7-15(12-20)19-2/h3-4,6,8,13,15,19H,5,7,9-12H2,1-2H3/t13-,15+/m0/s1. The molecule has 116 valence electrons. The molecule has 1 aromatic rings. The molecular formula is C17H25FN2O. The number of hydrogen-bond acceptors (Lipinski definition) is 2. The van der Waals surface area contributed by atoms with Crippen LogP contribution < -0.4 is 5.32 Å². The number of amides is 1. The lowest BCUT2D eigenvalue weighted by atomic mass is 9.97. The lowest BCUT2D eigenvalue weighted by Crippen LogP contribution is -2.48. The Labute approximate surface area is 126 Å². The molecule has 0 aliphatic carbocycles. The highest BCUT2D eigenvalue weighted by atomic mass is 19.1. The molecule has 1 aromatic carbocycles. The topological polar surface area (TPSA) is 32.3 Å². The summed E-state index contributed by atoms with van der Waals surface area (Å²) in [6, 6.07) is 7.21.